The van der Waals surface area contributed by atoms with Crippen molar-refractivity contribution in [1.29, 1.82) is 0 Å². The molecule has 0 amide bonds. The van der Waals surface area contributed by atoms with Gasteiger partial charge in [-0.3, -0.25) is 4.90 Å². The molecule has 0 unspecified atom stereocenters. The average Bonchev–Trinajstić information content (AvgIpc) is 3.22. The first-order valence-electron chi connectivity index (χ1n) is 9.07. The predicted molar refractivity (Wildman–Crippen MR) is 90.3 cm³/mol. The molecule has 1 saturated carbocycles. The molecule has 0 radical (unpaired) electrons. The summed E-state index contributed by atoms with van der Waals surface area (Å²) in [6, 6.07) is 0. The van der Waals surface area contributed by atoms with Gasteiger partial charge in [0.15, 0.2) is 0 Å². The zero-order valence-electron chi connectivity index (χ0n) is 13.6. The molecular formula is C18H28N2OS. The Bertz CT molecular complexity index is 479. The molecule has 0 bridgehead atoms. The molecular weight excluding hydrogens is 292 g/mol. The van der Waals surface area contributed by atoms with E-state index >= 15 is 0 Å². The van der Waals surface area contributed by atoms with Gasteiger partial charge in [-0.1, -0.05) is 12.8 Å². The standard InChI is InChI=1S/C18H28N2OS/c1-2-4-15(3-1)17-19-16(14-22-17)13-20-9-5-18(6-10-20)7-11-21-12-8-18/h14-15H,1-13H2. The van der Waals surface area contributed by atoms with E-state index in [0.717, 1.165) is 25.7 Å². The van der Waals surface area contributed by atoms with E-state index in [9.17, 15) is 0 Å². The monoisotopic (exact) mass is 320 g/mol. The van der Waals surface area contributed by atoms with Crippen LogP contribution in [0.1, 0.15) is 68.0 Å². The second kappa shape index (κ2) is 6.58. The number of piperidine rings is 1. The molecule has 3 aliphatic rings. The van der Waals surface area contributed by atoms with E-state index in [-0.39, 0.29) is 0 Å². The van der Waals surface area contributed by atoms with Crippen LogP contribution < -0.4 is 0 Å². The number of hydrogen-bond acceptors (Lipinski definition) is 4. The van der Waals surface area contributed by atoms with E-state index in [2.05, 4.69) is 10.3 Å². The molecule has 22 heavy (non-hydrogen) atoms. The summed E-state index contributed by atoms with van der Waals surface area (Å²) in [6.45, 7) is 5.52. The molecule has 3 nitrogen and oxygen atoms in total. The van der Waals surface area contributed by atoms with Crippen molar-refractivity contribution >= 4 is 11.3 Å². The van der Waals surface area contributed by atoms with Crippen molar-refractivity contribution < 1.29 is 4.74 Å². The summed E-state index contributed by atoms with van der Waals surface area (Å²) in [4.78, 5) is 7.57. The summed E-state index contributed by atoms with van der Waals surface area (Å²) in [5, 5.41) is 3.72. The fourth-order valence-electron chi connectivity index (χ4n) is 4.47. The van der Waals surface area contributed by atoms with Gasteiger partial charge < -0.3 is 4.74 Å². The highest BCUT2D eigenvalue weighted by Crippen LogP contribution is 2.41. The van der Waals surface area contributed by atoms with Crippen LogP contribution in [0, 0.1) is 5.41 Å². The molecule has 4 rings (SSSR count). The predicted octanol–water partition coefficient (Wildman–Crippen LogP) is 4.19. The Balaban J connectivity index is 1.31. The van der Waals surface area contributed by atoms with Crippen LogP contribution in [0.25, 0.3) is 0 Å². The molecule has 1 spiro atoms. The smallest absolute Gasteiger partial charge is 0.0959 e. The zero-order chi connectivity index (χ0) is 14.8. The summed E-state index contributed by atoms with van der Waals surface area (Å²) in [7, 11) is 0. The van der Waals surface area contributed by atoms with Crippen LogP contribution in [0.15, 0.2) is 5.38 Å². The van der Waals surface area contributed by atoms with Crippen LogP contribution in [0.4, 0.5) is 0 Å². The minimum atomic E-state index is 0.603. The van der Waals surface area contributed by atoms with Crippen LogP contribution in [0.5, 0.6) is 0 Å². The molecule has 1 aliphatic carbocycles. The molecule has 1 aromatic heterocycles. The summed E-state index contributed by atoms with van der Waals surface area (Å²) in [5.41, 5.74) is 1.92. The highest BCUT2D eigenvalue weighted by atomic mass is 32.1. The number of ether oxygens (including phenoxy) is 1. The maximum Gasteiger partial charge on any atom is 0.0959 e. The summed E-state index contributed by atoms with van der Waals surface area (Å²) in [5.74, 6) is 0.769. The zero-order valence-corrected chi connectivity index (χ0v) is 14.4. The first-order valence-corrected chi connectivity index (χ1v) is 9.95. The van der Waals surface area contributed by atoms with Crippen LogP contribution in [-0.4, -0.2) is 36.2 Å². The lowest BCUT2D eigenvalue weighted by Gasteiger charge is -2.44. The van der Waals surface area contributed by atoms with Gasteiger partial charge in [-0.15, -0.1) is 11.3 Å². The van der Waals surface area contributed by atoms with Crippen LogP contribution in [0.2, 0.25) is 0 Å². The summed E-state index contributed by atoms with van der Waals surface area (Å²) in [6.07, 6.45) is 10.8. The number of hydrogen-bond donors (Lipinski definition) is 0. The fraction of sp³-hybridized carbons (Fsp3) is 0.833. The van der Waals surface area contributed by atoms with Gasteiger partial charge in [0.05, 0.1) is 10.7 Å². The minimum Gasteiger partial charge on any atom is -0.381 e. The molecule has 0 atom stereocenters. The Kier molecular flexibility index (Phi) is 4.52. The third-order valence-corrected chi connectivity index (χ3v) is 7.19. The highest BCUT2D eigenvalue weighted by molar-refractivity contribution is 7.09. The topological polar surface area (TPSA) is 25.4 Å². The average molecular weight is 321 g/mol. The number of nitrogens with zero attached hydrogens (tertiary/aromatic N) is 2. The van der Waals surface area contributed by atoms with E-state index in [4.69, 9.17) is 9.72 Å². The van der Waals surface area contributed by atoms with E-state index < -0.39 is 0 Å². The Morgan fingerprint density at radius 1 is 1.14 bits per heavy atom. The first kappa shape index (κ1) is 15.1. The van der Waals surface area contributed by atoms with Crippen LogP contribution >= 0.6 is 11.3 Å². The third kappa shape index (κ3) is 3.24. The van der Waals surface area contributed by atoms with Gasteiger partial charge in [0, 0.05) is 31.1 Å². The third-order valence-electron chi connectivity index (χ3n) is 6.13. The van der Waals surface area contributed by atoms with E-state index in [1.54, 1.807) is 0 Å². The minimum absolute atomic E-state index is 0.603. The second-order valence-electron chi connectivity index (χ2n) is 7.55. The Labute approximate surface area is 138 Å². The number of rotatable bonds is 3. The van der Waals surface area contributed by atoms with Gasteiger partial charge in [0.25, 0.3) is 0 Å². The normalized spacial score (nSPS) is 26.7. The molecule has 2 aliphatic heterocycles. The van der Waals surface area contributed by atoms with Crippen LogP contribution in [-0.2, 0) is 11.3 Å². The van der Waals surface area contributed by atoms with E-state index in [1.807, 2.05) is 11.3 Å². The molecule has 2 saturated heterocycles. The van der Waals surface area contributed by atoms with Crippen LogP contribution in [0.3, 0.4) is 0 Å². The lowest BCUT2D eigenvalue weighted by molar-refractivity contribution is -0.0219. The number of likely N-dealkylation sites (tertiary alicyclic amines) is 1. The van der Waals surface area contributed by atoms with Gasteiger partial charge in [-0.05, 0) is 57.0 Å². The molecule has 1 aromatic rings. The maximum atomic E-state index is 5.55. The van der Waals surface area contributed by atoms with Crippen molar-refractivity contribution in [2.75, 3.05) is 26.3 Å². The van der Waals surface area contributed by atoms with Crippen molar-refractivity contribution in [2.24, 2.45) is 5.41 Å². The molecule has 0 N–H and O–H groups in total. The molecule has 3 heterocycles. The van der Waals surface area contributed by atoms with E-state index in [0.29, 0.717) is 5.41 Å². The fourth-order valence-corrected chi connectivity index (χ4v) is 5.46. The quantitative estimate of drug-likeness (QED) is 0.835. The van der Waals surface area contributed by atoms with Gasteiger partial charge in [-0.2, -0.15) is 0 Å². The van der Waals surface area contributed by atoms with E-state index in [1.165, 1.54) is 75.2 Å². The van der Waals surface area contributed by atoms with Gasteiger partial charge in [-0.25, -0.2) is 4.98 Å². The lowest BCUT2D eigenvalue weighted by atomic mass is 9.72. The molecule has 3 fully saturated rings. The molecule has 4 heteroatoms. The Morgan fingerprint density at radius 3 is 2.59 bits per heavy atom. The maximum absolute atomic E-state index is 5.55. The van der Waals surface area contributed by atoms with Crippen molar-refractivity contribution in [1.82, 2.24) is 9.88 Å². The summed E-state index contributed by atoms with van der Waals surface area (Å²) >= 11 is 1.90. The SMILES string of the molecule is c1sc(C2CCCC2)nc1CN1CCC2(CCOCC2)CC1. The molecule has 0 aromatic carbocycles. The second-order valence-corrected chi connectivity index (χ2v) is 8.44. The first-order chi connectivity index (χ1) is 10.8. The highest BCUT2D eigenvalue weighted by Gasteiger charge is 2.36. The largest absolute Gasteiger partial charge is 0.381 e. The summed E-state index contributed by atoms with van der Waals surface area (Å²) < 4.78 is 5.55. The van der Waals surface area contributed by atoms with Crippen molar-refractivity contribution in [3.8, 4) is 0 Å². The van der Waals surface area contributed by atoms with Gasteiger partial charge >= 0.3 is 0 Å². The molecule has 122 valence electrons. The number of aromatic nitrogens is 1. The Hall–Kier alpha value is -0.450. The van der Waals surface area contributed by atoms with Crippen molar-refractivity contribution in [3.05, 3.63) is 16.1 Å². The van der Waals surface area contributed by atoms with Gasteiger partial charge in [0.2, 0.25) is 0 Å². The Morgan fingerprint density at radius 2 is 1.86 bits per heavy atom. The van der Waals surface area contributed by atoms with Crippen molar-refractivity contribution in [3.63, 3.8) is 0 Å². The lowest BCUT2D eigenvalue weighted by Crippen LogP contribution is -2.42. The van der Waals surface area contributed by atoms with Crippen molar-refractivity contribution in [2.45, 2.75) is 63.8 Å². The van der Waals surface area contributed by atoms with Gasteiger partial charge in [0.1, 0.15) is 0 Å². The number of thiazole rings is 1.